The highest BCUT2D eigenvalue weighted by Gasteiger charge is 2.35. The van der Waals surface area contributed by atoms with Crippen LogP contribution in [0.4, 0.5) is 23.8 Å². The second-order valence-corrected chi connectivity index (χ2v) is 8.26. The van der Waals surface area contributed by atoms with Crippen LogP contribution in [-0.4, -0.2) is 36.4 Å². The first-order valence-corrected chi connectivity index (χ1v) is 11.0. The van der Waals surface area contributed by atoms with E-state index in [2.05, 4.69) is 32.6 Å². The highest BCUT2D eigenvalue weighted by molar-refractivity contribution is 5.98. The van der Waals surface area contributed by atoms with Crippen molar-refractivity contribution in [3.63, 3.8) is 0 Å². The molecule has 4 heterocycles. The van der Waals surface area contributed by atoms with Crippen molar-refractivity contribution in [3.8, 4) is 11.6 Å². The first kappa shape index (κ1) is 22.8. The van der Waals surface area contributed by atoms with Gasteiger partial charge in [-0.15, -0.1) is 0 Å². The fourth-order valence-corrected chi connectivity index (χ4v) is 4.11. The molecule has 182 valence electrons. The minimum atomic E-state index is -4.57. The Hall–Kier alpha value is -3.93. The van der Waals surface area contributed by atoms with Gasteiger partial charge in [-0.2, -0.15) is 18.3 Å². The molecule has 12 heteroatoms. The summed E-state index contributed by atoms with van der Waals surface area (Å²) in [7, 11) is 0. The van der Waals surface area contributed by atoms with Gasteiger partial charge in [-0.3, -0.25) is 14.6 Å². The Labute approximate surface area is 197 Å². The third kappa shape index (κ3) is 4.44. The van der Waals surface area contributed by atoms with Crippen LogP contribution in [0, 0.1) is 0 Å². The van der Waals surface area contributed by atoms with Crippen molar-refractivity contribution in [2.45, 2.75) is 45.6 Å². The number of nitrogens with zero attached hydrogens (tertiary/aromatic N) is 5. The van der Waals surface area contributed by atoms with Gasteiger partial charge < -0.3 is 10.1 Å². The molecule has 1 aliphatic heterocycles. The number of anilines is 1. The maximum Gasteiger partial charge on any atom is 0.433 e. The fraction of sp³-hybridized carbons (Fsp3) is 0.304. The van der Waals surface area contributed by atoms with Gasteiger partial charge in [0.05, 0.1) is 11.2 Å². The number of halogens is 3. The van der Waals surface area contributed by atoms with E-state index in [1.807, 2.05) is 0 Å². The molecule has 4 aromatic rings. The fourth-order valence-electron chi connectivity index (χ4n) is 4.11. The number of carbonyl (C=O) groups is 1. The number of ether oxygens (including phenoxy) is 1. The van der Waals surface area contributed by atoms with Crippen molar-refractivity contribution in [2.75, 3.05) is 5.32 Å². The average molecular weight is 485 g/mol. The van der Waals surface area contributed by atoms with E-state index in [1.54, 1.807) is 31.2 Å². The molecule has 1 aliphatic rings. The summed E-state index contributed by atoms with van der Waals surface area (Å²) < 4.78 is 47.7. The third-order valence-corrected chi connectivity index (χ3v) is 5.82. The summed E-state index contributed by atoms with van der Waals surface area (Å²) in [6.45, 7) is 4.29. The van der Waals surface area contributed by atoms with Gasteiger partial charge in [0.1, 0.15) is 17.8 Å². The number of amides is 1. The lowest BCUT2D eigenvalue weighted by Gasteiger charge is -2.23. The number of carbonyl (C=O) groups excluding carboxylic acids is 1. The van der Waals surface area contributed by atoms with E-state index in [-0.39, 0.29) is 18.4 Å². The van der Waals surface area contributed by atoms with Crippen LogP contribution >= 0.6 is 0 Å². The van der Waals surface area contributed by atoms with E-state index in [0.29, 0.717) is 29.1 Å². The van der Waals surface area contributed by atoms with Crippen LogP contribution in [0.1, 0.15) is 30.8 Å². The summed E-state index contributed by atoms with van der Waals surface area (Å²) in [6, 6.07) is 7.36. The zero-order valence-electron chi connectivity index (χ0n) is 18.9. The molecular weight excluding hydrogens is 463 g/mol. The van der Waals surface area contributed by atoms with E-state index in [4.69, 9.17) is 4.74 Å². The van der Waals surface area contributed by atoms with Gasteiger partial charge in [-0.25, -0.2) is 14.8 Å². The minimum Gasteiger partial charge on any atom is -0.439 e. The topological polar surface area (TPSA) is 98.9 Å². The minimum absolute atomic E-state index is 0.0188. The number of benzene rings is 1. The molecule has 1 atom stereocenters. The maximum atomic E-state index is 13.2. The normalized spacial score (nSPS) is 15.7. The number of alkyl halides is 3. The molecule has 0 spiro atoms. The Morgan fingerprint density at radius 1 is 1.26 bits per heavy atom. The monoisotopic (exact) mass is 485 g/mol. The Kier molecular flexibility index (Phi) is 5.67. The number of aromatic nitrogens is 5. The molecule has 3 aromatic heterocycles. The highest BCUT2D eigenvalue weighted by Crippen LogP contribution is 2.32. The molecule has 5 rings (SSSR count). The molecule has 0 fully saturated rings. The first-order chi connectivity index (χ1) is 16.7. The van der Waals surface area contributed by atoms with Crippen molar-refractivity contribution in [2.24, 2.45) is 0 Å². The van der Waals surface area contributed by atoms with Crippen LogP contribution in [0.2, 0.25) is 0 Å². The number of hydrogen-bond acceptors (Lipinski definition) is 6. The lowest BCUT2D eigenvalue weighted by atomic mass is 10.0. The number of aryl methyl sites for hydroxylation is 1. The maximum absolute atomic E-state index is 13.2. The zero-order chi connectivity index (χ0) is 24.7. The van der Waals surface area contributed by atoms with Crippen LogP contribution in [0.25, 0.3) is 10.9 Å². The summed E-state index contributed by atoms with van der Waals surface area (Å²) >= 11 is 0. The molecule has 9 nitrogen and oxygen atoms in total. The summed E-state index contributed by atoms with van der Waals surface area (Å²) in [6.07, 6.45) is -0.825. The number of rotatable bonds is 4. The van der Waals surface area contributed by atoms with E-state index in [9.17, 15) is 18.0 Å². The van der Waals surface area contributed by atoms with Crippen molar-refractivity contribution in [1.29, 1.82) is 0 Å². The van der Waals surface area contributed by atoms with Crippen LogP contribution in [0.3, 0.4) is 0 Å². The van der Waals surface area contributed by atoms with Gasteiger partial charge in [-0.1, -0.05) is 0 Å². The standard InChI is InChI=1S/C23H22F3N7O2/c1-3-33-19(23(24,25)26)10-20(31-33)30-22(34)32-7-6-14-9-15(4-5-18(14)32)35-21-16-8-13(2)27-11-17(16)28-12-29-21/h4-7,9-10,12-13,27H,3,8,11H2,1-2H3,(H,30,31,34)/t13-/m0/s1. The van der Waals surface area contributed by atoms with Gasteiger partial charge in [0.2, 0.25) is 5.88 Å². The van der Waals surface area contributed by atoms with Gasteiger partial charge in [0.15, 0.2) is 5.82 Å². The quantitative estimate of drug-likeness (QED) is 0.439. The molecule has 0 aliphatic carbocycles. The molecule has 1 amide bonds. The van der Waals surface area contributed by atoms with E-state index in [1.165, 1.54) is 17.1 Å². The van der Waals surface area contributed by atoms with Crippen molar-refractivity contribution in [3.05, 3.63) is 59.8 Å². The van der Waals surface area contributed by atoms with Crippen LogP contribution in [-0.2, 0) is 25.7 Å². The Morgan fingerprint density at radius 3 is 2.83 bits per heavy atom. The van der Waals surface area contributed by atoms with Gasteiger partial charge >= 0.3 is 12.2 Å². The van der Waals surface area contributed by atoms with Gasteiger partial charge in [0.25, 0.3) is 0 Å². The highest BCUT2D eigenvalue weighted by atomic mass is 19.4. The summed E-state index contributed by atoms with van der Waals surface area (Å²) in [5, 5.41) is 10.3. The molecule has 0 unspecified atom stereocenters. The lowest BCUT2D eigenvalue weighted by Crippen LogP contribution is -2.33. The SMILES string of the molecule is CCn1nc(NC(=O)n2ccc3cc(Oc4ncnc5c4C[C@H](C)NC5)ccc32)cc1C(F)(F)F. The summed E-state index contributed by atoms with van der Waals surface area (Å²) in [5.41, 5.74) is 1.49. The summed E-state index contributed by atoms with van der Waals surface area (Å²) in [4.78, 5) is 21.4. The van der Waals surface area contributed by atoms with Crippen molar-refractivity contribution < 1.29 is 22.7 Å². The van der Waals surface area contributed by atoms with Crippen molar-refractivity contribution >= 4 is 22.8 Å². The van der Waals surface area contributed by atoms with Gasteiger partial charge in [0, 0.05) is 42.3 Å². The predicted octanol–water partition coefficient (Wildman–Crippen LogP) is 4.57. The second-order valence-electron chi connectivity index (χ2n) is 8.26. The second kappa shape index (κ2) is 8.69. The summed E-state index contributed by atoms with van der Waals surface area (Å²) in [5.74, 6) is 0.856. The van der Waals surface area contributed by atoms with E-state index >= 15 is 0 Å². The number of nitrogens with one attached hydrogen (secondary N) is 2. The van der Waals surface area contributed by atoms with Crippen LogP contribution in [0.5, 0.6) is 11.6 Å². The van der Waals surface area contributed by atoms with E-state index < -0.39 is 17.9 Å². The largest absolute Gasteiger partial charge is 0.439 e. The lowest BCUT2D eigenvalue weighted by molar-refractivity contribution is -0.144. The molecular formula is C23H22F3N7O2. The molecule has 35 heavy (non-hydrogen) atoms. The third-order valence-electron chi connectivity index (χ3n) is 5.82. The zero-order valence-corrected chi connectivity index (χ0v) is 18.9. The average Bonchev–Trinajstić information content (AvgIpc) is 3.43. The Bertz CT molecular complexity index is 1410. The Morgan fingerprint density at radius 2 is 2.09 bits per heavy atom. The van der Waals surface area contributed by atoms with Crippen LogP contribution < -0.4 is 15.4 Å². The molecule has 0 saturated carbocycles. The molecule has 0 saturated heterocycles. The molecule has 0 bridgehead atoms. The Balaban J connectivity index is 1.37. The first-order valence-electron chi connectivity index (χ1n) is 11.0. The van der Waals surface area contributed by atoms with Crippen LogP contribution in [0.15, 0.2) is 42.9 Å². The van der Waals surface area contributed by atoms with Gasteiger partial charge in [-0.05, 0) is 44.5 Å². The number of fused-ring (bicyclic) bond motifs is 2. The number of hydrogen-bond donors (Lipinski definition) is 2. The molecule has 2 N–H and O–H groups in total. The predicted molar refractivity (Wildman–Crippen MR) is 121 cm³/mol. The smallest absolute Gasteiger partial charge is 0.433 e. The molecule has 0 radical (unpaired) electrons. The van der Waals surface area contributed by atoms with Crippen molar-refractivity contribution in [1.82, 2.24) is 29.6 Å². The molecule has 1 aromatic carbocycles. The van der Waals surface area contributed by atoms with E-state index in [0.717, 1.165) is 28.4 Å².